The van der Waals surface area contributed by atoms with Gasteiger partial charge in [-0.3, -0.25) is 9.72 Å². The number of nitrogens with zero attached hydrogens (tertiary/aromatic N) is 7. The summed E-state index contributed by atoms with van der Waals surface area (Å²) in [5.74, 6) is 2.71. The maximum Gasteiger partial charge on any atom is 0.320 e. The summed E-state index contributed by atoms with van der Waals surface area (Å²) < 4.78 is 16.5. The van der Waals surface area contributed by atoms with Gasteiger partial charge in [0, 0.05) is 42.2 Å². The Morgan fingerprint density at radius 1 is 1.00 bits per heavy atom. The van der Waals surface area contributed by atoms with Gasteiger partial charge in [-0.05, 0) is 82.4 Å². The van der Waals surface area contributed by atoms with Crippen molar-refractivity contribution in [1.29, 1.82) is 0 Å². The topological polar surface area (TPSA) is 134 Å². The predicted molar refractivity (Wildman–Crippen MR) is 210 cm³/mol. The molecule has 0 saturated carbocycles. The highest BCUT2D eigenvalue weighted by molar-refractivity contribution is 5.89. The van der Waals surface area contributed by atoms with Crippen LogP contribution in [0.15, 0.2) is 66.9 Å². The number of fused-ring (bicyclic) bond motifs is 2. The fourth-order valence-corrected chi connectivity index (χ4v) is 7.33. The standard InChI is InChI=1S/C41H53N9O4/c1-27-11-9-10-20-48(27)40-45-44-37-19-16-30(25-49(37)40)54-34-18-17-33(31-12-7-8-13-32(31)34)42-39(52)43-38-24-36(41(2,3)4)46-50(38)29-15-14-28(26-51)35(23-29)53-22-21-47(5)6/h7-8,12-16,19,23-25,27,33-34,51H,9-11,17-18,20-22,26H2,1-6H3,(H2,42,43,52)/t27-,33-,34+/m0/s1. The van der Waals surface area contributed by atoms with Crippen LogP contribution in [0.1, 0.15) is 94.3 Å². The molecule has 54 heavy (non-hydrogen) atoms. The number of carbonyl (C=O) groups excluding carboxylic acids is 1. The van der Waals surface area contributed by atoms with Crippen LogP contribution in [-0.2, 0) is 12.0 Å². The highest BCUT2D eigenvalue weighted by Gasteiger charge is 2.31. The highest BCUT2D eigenvalue weighted by Crippen LogP contribution is 2.39. The molecule has 2 aliphatic rings. The van der Waals surface area contributed by atoms with Crippen molar-refractivity contribution in [3.05, 3.63) is 89.2 Å². The molecule has 2 aromatic carbocycles. The Balaban J connectivity index is 1.09. The van der Waals surface area contributed by atoms with E-state index in [1.54, 1.807) is 4.68 Å². The highest BCUT2D eigenvalue weighted by atomic mass is 16.5. The number of aromatic nitrogens is 5. The van der Waals surface area contributed by atoms with Crippen molar-refractivity contribution < 1.29 is 19.4 Å². The molecule has 5 aromatic rings. The smallest absolute Gasteiger partial charge is 0.320 e. The Bertz CT molecular complexity index is 2080. The third kappa shape index (κ3) is 8.02. The maximum atomic E-state index is 13.8. The predicted octanol–water partition coefficient (Wildman–Crippen LogP) is 6.80. The minimum atomic E-state index is -0.331. The monoisotopic (exact) mass is 735 g/mol. The molecule has 4 heterocycles. The third-order valence-corrected chi connectivity index (χ3v) is 10.4. The number of aliphatic hydroxyl groups is 1. The van der Waals surface area contributed by atoms with Crippen LogP contribution in [0.4, 0.5) is 16.6 Å². The molecule has 13 nitrogen and oxygen atoms in total. The van der Waals surface area contributed by atoms with Crippen LogP contribution >= 0.6 is 0 Å². The summed E-state index contributed by atoms with van der Waals surface area (Å²) in [6, 6.07) is 19.4. The van der Waals surface area contributed by atoms with Crippen molar-refractivity contribution in [1.82, 2.24) is 34.6 Å². The maximum absolute atomic E-state index is 13.8. The van der Waals surface area contributed by atoms with Gasteiger partial charge < -0.3 is 29.7 Å². The molecule has 0 unspecified atom stereocenters. The van der Waals surface area contributed by atoms with E-state index in [1.165, 1.54) is 6.42 Å². The number of benzene rings is 2. The van der Waals surface area contributed by atoms with Crippen molar-refractivity contribution >= 4 is 23.4 Å². The molecule has 1 saturated heterocycles. The Labute approximate surface area is 317 Å². The molecule has 7 rings (SSSR count). The molecule has 1 aliphatic heterocycles. The van der Waals surface area contributed by atoms with Crippen molar-refractivity contribution in [3.8, 4) is 17.2 Å². The number of pyridine rings is 1. The van der Waals surface area contributed by atoms with Gasteiger partial charge in [0.25, 0.3) is 0 Å². The second-order valence-corrected chi connectivity index (χ2v) is 15.8. The van der Waals surface area contributed by atoms with E-state index < -0.39 is 0 Å². The van der Waals surface area contributed by atoms with Gasteiger partial charge >= 0.3 is 6.03 Å². The van der Waals surface area contributed by atoms with E-state index in [-0.39, 0.29) is 30.2 Å². The van der Waals surface area contributed by atoms with E-state index >= 15 is 0 Å². The zero-order chi connectivity index (χ0) is 38.0. The number of urea groups is 1. The second kappa shape index (κ2) is 15.7. The first-order valence-corrected chi connectivity index (χ1v) is 19.0. The minimum Gasteiger partial charge on any atom is -0.492 e. The van der Waals surface area contributed by atoms with E-state index in [0.29, 0.717) is 41.9 Å². The van der Waals surface area contributed by atoms with Crippen LogP contribution in [0.5, 0.6) is 11.5 Å². The molecule has 0 radical (unpaired) electrons. The van der Waals surface area contributed by atoms with Crippen LogP contribution in [0.2, 0.25) is 0 Å². The van der Waals surface area contributed by atoms with Crippen LogP contribution in [0.3, 0.4) is 0 Å². The summed E-state index contributed by atoms with van der Waals surface area (Å²) in [6.07, 6.45) is 6.76. The largest absolute Gasteiger partial charge is 0.492 e. The van der Waals surface area contributed by atoms with E-state index in [4.69, 9.17) is 14.6 Å². The number of anilines is 2. The van der Waals surface area contributed by atoms with Gasteiger partial charge in [-0.1, -0.05) is 51.1 Å². The third-order valence-electron chi connectivity index (χ3n) is 10.4. The molecule has 3 aromatic heterocycles. The van der Waals surface area contributed by atoms with Gasteiger partial charge in [-0.2, -0.15) is 5.10 Å². The SMILES string of the molecule is C[C@H]1CCCCN1c1nnc2ccc(O[C@@H]3CC[C@H](NC(=O)Nc4cc(C(C)(C)C)nn4-c4ccc(CO)c(OCCN(C)C)c4)c4ccccc43)cn12. The lowest BCUT2D eigenvalue weighted by molar-refractivity contribution is 0.171. The zero-order valence-electron chi connectivity index (χ0n) is 32.2. The number of hydrogen-bond acceptors (Lipinski definition) is 9. The fourth-order valence-electron chi connectivity index (χ4n) is 7.33. The normalized spacial score (nSPS) is 18.8. The molecule has 13 heteroatoms. The van der Waals surface area contributed by atoms with E-state index in [0.717, 1.165) is 66.5 Å². The summed E-state index contributed by atoms with van der Waals surface area (Å²) in [7, 11) is 3.97. The van der Waals surface area contributed by atoms with E-state index in [9.17, 15) is 9.90 Å². The summed E-state index contributed by atoms with van der Waals surface area (Å²) in [5, 5.41) is 30.2. The Morgan fingerprint density at radius 2 is 1.81 bits per heavy atom. The lowest BCUT2D eigenvalue weighted by Gasteiger charge is -2.33. The molecular formula is C41H53N9O4. The Kier molecular flexibility index (Phi) is 10.8. The van der Waals surface area contributed by atoms with Crippen molar-refractivity contribution in [2.45, 2.75) is 90.0 Å². The van der Waals surface area contributed by atoms with Crippen molar-refractivity contribution in [3.63, 3.8) is 0 Å². The number of rotatable bonds is 11. The Hall–Kier alpha value is -5.14. The number of aliphatic hydroxyl groups excluding tert-OH is 1. The zero-order valence-corrected chi connectivity index (χ0v) is 32.2. The van der Waals surface area contributed by atoms with Gasteiger partial charge in [-0.25, -0.2) is 9.48 Å². The number of amides is 2. The molecule has 0 spiro atoms. The Morgan fingerprint density at radius 3 is 2.57 bits per heavy atom. The van der Waals surface area contributed by atoms with Crippen LogP contribution in [0, 0.1) is 0 Å². The first kappa shape index (κ1) is 37.2. The van der Waals surface area contributed by atoms with Gasteiger partial charge in [0.15, 0.2) is 5.65 Å². The van der Waals surface area contributed by atoms with E-state index in [2.05, 4.69) is 65.6 Å². The molecule has 286 valence electrons. The van der Waals surface area contributed by atoms with Gasteiger partial charge in [0.2, 0.25) is 5.95 Å². The molecule has 3 N–H and O–H groups in total. The first-order valence-electron chi connectivity index (χ1n) is 19.0. The minimum absolute atomic E-state index is 0.150. The average Bonchev–Trinajstić information content (AvgIpc) is 3.77. The van der Waals surface area contributed by atoms with Crippen molar-refractivity contribution in [2.75, 3.05) is 44.0 Å². The molecule has 1 fully saturated rings. The molecular weight excluding hydrogens is 683 g/mol. The van der Waals surface area contributed by atoms with Gasteiger partial charge in [0.05, 0.1) is 30.2 Å². The van der Waals surface area contributed by atoms with Crippen LogP contribution in [-0.4, -0.2) is 80.2 Å². The lowest BCUT2D eigenvalue weighted by atomic mass is 9.85. The second-order valence-electron chi connectivity index (χ2n) is 15.8. The van der Waals surface area contributed by atoms with Gasteiger partial charge in [0.1, 0.15) is 30.0 Å². The average molecular weight is 736 g/mol. The fraction of sp³-hybridized carbons (Fsp3) is 0.463. The summed E-state index contributed by atoms with van der Waals surface area (Å²) >= 11 is 0. The molecule has 0 bridgehead atoms. The molecule has 2 amide bonds. The first-order chi connectivity index (χ1) is 26.0. The molecule has 3 atom stereocenters. The van der Waals surface area contributed by atoms with Crippen LogP contribution in [0.25, 0.3) is 11.3 Å². The number of ether oxygens (including phenoxy) is 2. The number of hydrogen-bond donors (Lipinski definition) is 3. The van der Waals surface area contributed by atoms with Crippen LogP contribution < -0.4 is 25.0 Å². The van der Waals surface area contributed by atoms with Crippen molar-refractivity contribution in [2.24, 2.45) is 0 Å². The lowest BCUT2D eigenvalue weighted by Crippen LogP contribution is -2.38. The van der Waals surface area contributed by atoms with Gasteiger partial charge in [-0.15, -0.1) is 10.2 Å². The molecule has 1 aliphatic carbocycles. The summed E-state index contributed by atoms with van der Waals surface area (Å²) in [4.78, 5) is 18.2. The number of nitrogens with one attached hydrogen (secondary N) is 2. The quantitative estimate of drug-likeness (QED) is 0.134. The number of likely N-dealkylation sites (N-methyl/N-ethyl adjacent to an activating group) is 1. The summed E-state index contributed by atoms with van der Waals surface area (Å²) in [6.45, 7) is 10.5. The van der Waals surface area contributed by atoms with E-state index in [1.807, 2.05) is 78.1 Å². The summed E-state index contributed by atoms with van der Waals surface area (Å²) in [5.41, 5.74) is 4.82. The number of carbonyl (C=O) groups is 1. The number of piperidine rings is 1.